The second kappa shape index (κ2) is 5.91. The minimum absolute atomic E-state index is 0.0754. The van der Waals surface area contributed by atoms with E-state index in [1.54, 1.807) is 0 Å². The standard InChI is InChI=1S/C7H15NO7P2/c1-5(2)7(9)8-6(3-16(10,11)12)4-17(13,14)15/h6H,1,3-4H2,2H3,(H,8,9)(H2,10,11,12)(H2,13,14,15). The van der Waals surface area contributed by atoms with Crippen LogP contribution in [-0.4, -0.2) is 43.8 Å². The Bertz CT molecular complexity index is 371. The molecule has 0 aliphatic carbocycles. The van der Waals surface area contributed by atoms with Gasteiger partial charge in [0.2, 0.25) is 5.91 Å². The number of rotatable bonds is 6. The van der Waals surface area contributed by atoms with Crippen molar-refractivity contribution in [2.75, 3.05) is 12.3 Å². The molecular weight excluding hydrogens is 272 g/mol. The second-order valence-electron chi connectivity index (χ2n) is 3.65. The predicted molar refractivity (Wildman–Crippen MR) is 60.6 cm³/mol. The SMILES string of the molecule is C=C(C)C(=O)NC(CP(=O)(O)O)CP(=O)(O)O. The van der Waals surface area contributed by atoms with Gasteiger partial charge in [-0.3, -0.25) is 13.9 Å². The zero-order valence-corrected chi connectivity index (χ0v) is 10.9. The molecule has 100 valence electrons. The number of nitrogens with one attached hydrogen (secondary N) is 1. The highest BCUT2D eigenvalue weighted by Gasteiger charge is 2.29. The summed E-state index contributed by atoms with van der Waals surface area (Å²) >= 11 is 0. The van der Waals surface area contributed by atoms with Crippen LogP contribution < -0.4 is 5.32 Å². The largest absolute Gasteiger partial charge is 0.348 e. The maximum absolute atomic E-state index is 11.2. The van der Waals surface area contributed by atoms with E-state index in [0.717, 1.165) is 0 Å². The van der Waals surface area contributed by atoms with Gasteiger partial charge in [0.25, 0.3) is 0 Å². The molecule has 0 aliphatic rings. The van der Waals surface area contributed by atoms with Crippen LogP contribution in [0.1, 0.15) is 6.92 Å². The van der Waals surface area contributed by atoms with E-state index in [-0.39, 0.29) is 5.57 Å². The van der Waals surface area contributed by atoms with E-state index in [1.165, 1.54) is 6.92 Å². The van der Waals surface area contributed by atoms with E-state index >= 15 is 0 Å². The Morgan fingerprint density at radius 2 is 1.53 bits per heavy atom. The first-order valence-electron chi connectivity index (χ1n) is 4.46. The summed E-state index contributed by atoms with van der Waals surface area (Å²) in [5.41, 5.74) is 0.0754. The van der Waals surface area contributed by atoms with Gasteiger partial charge >= 0.3 is 15.2 Å². The van der Waals surface area contributed by atoms with Gasteiger partial charge in [-0.25, -0.2) is 0 Å². The Hall–Kier alpha value is -0.490. The molecule has 0 radical (unpaired) electrons. The summed E-state index contributed by atoms with van der Waals surface area (Å²) in [5.74, 6) is -0.711. The van der Waals surface area contributed by atoms with Crippen LogP contribution in [0, 0.1) is 0 Å². The highest BCUT2D eigenvalue weighted by molar-refractivity contribution is 7.53. The topological polar surface area (TPSA) is 144 Å². The van der Waals surface area contributed by atoms with Crippen molar-refractivity contribution >= 4 is 21.1 Å². The predicted octanol–water partition coefficient (Wildman–Crippen LogP) is -0.597. The smallest absolute Gasteiger partial charge is 0.327 e. The number of carbonyl (C=O) groups excluding carboxylic acids is 1. The summed E-state index contributed by atoms with van der Waals surface area (Å²) in [6, 6.07) is -1.30. The lowest BCUT2D eigenvalue weighted by Crippen LogP contribution is -2.40. The lowest BCUT2D eigenvalue weighted by molar-refractivity contribution is -0.117. The Labute approximate surface area is 98.1 Å². The summed E-state index contributed by atoms with van der Waals surface area (Å²) in [5, 5.41) is 2.11. The van der Waals surface area contributed by atoms with Crippen LogP contribution in [0.4, 0.5) is 0 Å². The molecule has 17 heavy (non-hydrogen) atoms. The highest BCUT2D eigenvalue weighted by Crippen LogP contribution is 2.40. The van der Waals surface area contributed by atoms with E-state index in [4.69, 9.17) is 19.6 Å². The third kappa shape index (κ3) is 9.23. The van der Waals surface area contributed by atoms with E-state index in [0.29, 0.717) is 0 Å². The van der Waals surface area contributed by atoms with E-state index in [2.05, 4.69) is 11.9 Å². The summed E-state index contributed by atoms with van der Waals surface area (Å²) in [4.78, 5) is 46.1. The molecule has 1 amide bonds. The van der Waals surface area contributed by atoms with E-state index in [1.807, 2.05) is 0 Å². The van der Waals surface area contributed by atoms with Crippen LogP contribution in [0.25, 0.3) is 0 Å². The molecule has 0 aromatic heterocycles. The normalized spacial score (nSPS) is 12.6. The maximum atomic E-state index is 11.2. The van der Waals surface area contributed by atoms with Crippen molar-refractivity contribution in [1.82, 2.24) is 5.32 Å². The van der Waals surface area contributed by atoms with Gasteiger partial charge < -0.3 is 24.9 Å². The average Bonchev–Trinajstić information content (AvgIpc) is 1.96. The van der Waals surface area contributed by atoms with Gasteiger partial charge in [-0.2, -0.15) is 0 Å². The molecule has 0 saturated heterocycles. The van der Waals surface area contributed by atoms with Crippen molar-refractivity contribution in [3.63, 3.8) is 0 Å². The molecule has 0 bridgehead atoms. The summed E-state index contributed by atoms with van der Waals surface area (Å²) in [7, 11) is -8.96. The second-order valence-corrected chi connectivity index (χ2v) is 7.03. The number of amides is 1. The maximum Gasteiger partial charge on any atom is 0.327 e. The number of carbonyl (C=O) groups is 1. The molecule has 0 fully saturated rings. The molecule has 0 aromatic rings. The van der Waals surface area contributed by atoms with E-state index in [9.17, 15) is 13.9 Å². The van der Waals surface area contributed by atoms with Crippen molar-refractivity contribution in [2.24, 2.45) is 0 Å². The first-order valence-corrected chi connectivity index (χ1v) is 8.06. The molecule has 8 nitrogen and oxygen atoms in total. The molecule has 0 atom stereocenters. The van der Waals surface area contributed by atoms with Gasteiger partial charge in [-0.05, 0) is 6.92 Å². The number of hydrogen-bond donors (Lipinski definition) is 5. The lowest BCUT2D eigenvalue weighted by Gasteiger charge is -2.19. The first-order chi connectivity index (χ1) is 7.41. The van der Waals surface area contributed by atoms with Crippen molar-refractivity contribution in [1.29, 1.82) is 0 Å². The van der Waals surface area contributed by atoms with Crippen LogP contribution in [0.5, 0.6) is 0 Å². The zero-order valence-electron chi connectivity index (χ0n) is 9.11. The molecule has 5 N–H and O–H groups in total. The molecule has 0 heterocycles. The molecule has 10 heteroatoms. The first kappa shape index (κ1) is 16.5. The number of hydrogen-bond acceptors (Lipinski definition) is 3. The van der Waals surface area contributed by atoms with Gasteiger partial charge in [0.05, 0.1) is 18.4 Å². The fourth-order valence-electron chi connectivity index (χ4n) is 1.03. The third-order valence-electron chi connectivity index (χ3n) is 1.64. The van der Waals surface area contributed by atoms with Gasteiger partial charge in [0.15, 0.2) is 0 Å². The third-order valence-corrected chi connectivity index (χ3v) is 3.47. The van der Waals surface area contributed by atoms with Crippen LogP contribution in [-0.2, 0) is 13.9 Å². The van der Waals surface area contributed by atoms with Gasteiger partial charge in [-0.15, -0.1) is 0 Å². The van der Waals surface area contributed by atoms with Crippen LogP contribution >= 0.6 is 15.2 Å². The van der Waals surface area contributed by atoms with Crippen LogP contribution in [0.15, 0.2) is 12.2 Å². The van der Waals surface area contributed by atoms with Crippen LogP contribution in [0.3, 0.4) is 0 Å². The van der Waals surface area contributed by atoms with Crippen molar-refractivity contribution in [2.45, 2.75) is 13.0 Å². The molecule has 0 saturated carbocycles. The quantitative estimate of drug-likeness (QED) is 0.324. The summed E-state index contributed by atoms with van der Waals surface area (Å²) in [6.07, 6.45) is -1.67. The van der Waals surface area contributed by atoms with Crippen molar-refractivity contribution in [3.05, 3.63) is 12.2 Å². The minimum Gasteiger partial charge on any atom is -0.348 e. The average molecular weight is 287 g/mol. The minimum atomic E-state index is -4.48. The molecule has 0 rings (SSSR count). The van der Waals surface area contributed by atoms with Gasteiger partial charge in [-0.1, -0.05) is 6.58 Å². The van der Waals surface area contributed by atoms with Crippen molar-refractivity contribution < 1.29 is 33.5 Å². The fraction of sp³-hybridized carbons (Fsp3) is 0.571. The van der Waals surface area contributed by atoms with Gasteiger partial charge in [0.1, 0.15) is 0 Å². The van der Waals surface area contributed by atoms with Crippen LogP contribution in [0.2, 0.25) is 0 Å². The fourth-order valence-corrected chi connectivity index (χ4v) is 2.82. The zero-order chi connectivity index (χ0) is 13.9. The molecule has 0 aromatic carbocycles. The summed E-state index contributed by atoms with van der Waals surface area (Å²) < 4.78 is 21.5. The van der Waals surface area contributed by atoms with E-state index < -0.39 is 39.5 Å². The van der Waals surface area contributed by atoms with Gasteiger partial charge in [0, 0.05) is 5.57 Å². The monoisotopic (exact) mass is 287 g/mol. The summed E-state index contributed by atoms with van der Waals surface area (Å²) in [6.45, 7) is 4.66. The van der Waals surface area contributed by atoms with Crippen molar-refractivity contribution in [3.8, 4) is 0 Å². The molecular formula is C7H15NO7P2. The molecule has 0 aliphatic heterocycles. The Morgan fingerprint density at radius 3 is 1.76 bits per heavy atom. The molecule has 0 unspecified atom stereocenters. The Morgan fingerprint density at radius 1 is 1.18 bits per heavy atom. The Balaban J connectivity index is 4.75. The lowest BCUT2D eigenvalue weighted by atomic mass is 10.3. The molecule has 0 spiro atoms. The Kier molecular flexibility index (Phi) is 5.74. The highest BCUT2D eigenvalue weighted by atomic mass is 31.2.